The van der Waals surface area contributed by atoms with Crippen LogP contribution in [0.4, 0.5) is 11.4 Å². The molecule has 0 saturated heterocycles. The van der Waals surface area contributed by atoms with Gasteiger partial charge in [-0.25, -0.2) is 0 Å². The van der Waals surface area contributed by atoms with Crippen molar-refractivity contribution in [2.75, 3.05) is 10.6 Å². The number of carbonyl (C=O) groups excluding carboxylic acids is 1. The number of benzene rings is 2. The Bertz CT molecular complexity index is 860. The molecular weight excluding hydrogens is 373 g/mol. The number of nitriles is 1. The molecule has 0 saturated carbocycles. The number of hydrogen-bond acceptors (Lipinski definition) is 4. The third-order valence-electron chi connectivity index (χ3n) is 2.90. The number of aromatic hydroxyl groups is 1. The summed E-state index contributed by atoms with van der Waals surface area (Å²) in [4.78, 5) is 12.1. The predicted octanol–water partition coefficient (Wildman–Crippen LogP) is 4.81. The second-order valence-corrected chi connectivity index (χ2v) is 5.75. The van der Waals surface area contributed by atoms with E-state index in [9.17, 15) is 9.90 Å². The lowest BCUT2D eigenvalue weighted by atomic mass is 10.2. The molecule has 0 spiro atoms. The first-order valence-electron chi connectivity index (χ1n) is 6.53. The first-order valence-corrected chi connectivity index (χ1v) is 7.66. The number of carbonyl (C=O) groups is 1. The second kappa shape index (κ2) is 7.93. The molecule has 0 aliphatic rings. The van der Waals surface area contributed by atoms with Gasteiger partial charge in [-0.1, -0.05) is 40.9 Å². The molecule has 8 heteroatoms. The fourth-order valence-corrected chi connectivity index (χ4v) is 2.23. The molecule has 0 atom stereocenters. The highest BCUT2D eigenvalue weighted by Crippen LogP contribution is 2.30. The number of halogens is 3. The van der Waals surface area contributed by atoms with Crippen molar-refractivity contribution in [3.8, 4) is 11.8 Å². The van der Waals surface area contributed by atoms with Gasteiger partial charge in [0.2, 0.25) is 0 Å². The average Bonchev–Trinajstić information content (AvgIpc) is 2.55. The summed E-state index contributed by atoms with van der Waals surface area (Å²) in [5.41, 5.74) is 0.301. The highest BCUT2D eigenvalue weighted by atomic mass is 35.5. The van der Waals surface area contributed by atoms with Crippen LogP contribution < -0.4 is 10.6 Å². The van der Waals surface area contributed by atoms with Crippen molar-refractivity contribution in [1.82, 2.24) is 0 Å². The predicted molar refractivity (Wildman–Crippen MR) is 95.5 cm³/mol. The van der Waals surface area contributed by atoms with Crippen LogP contribution in [0.1, 0.15) is 0 Å². The van der Waals surface area contributed by atoms with Crippen molar-refractivity contribution in [1.29, 1.82) is 5.26 Å². The quantitative estimate of drug-likeness (QED) is 0.402. The van der Waals surface area contributed by atoms with E-state index >= 15 is 0 Å². The molecule has 0 aliphatic carbocycles. The largest absolute Gasteiger partial charge is 0.506 e. The van der Waals surface area contributed by atoms with Gasteiger partial charge in [-0.2, -0.15) is 5.26 Å². The molecule has 1 amide bonds. The maximum atomic E-state index is 12.1. The Morgan fingerprint density at radius 1 is 1.17 bits per heavy atom. The number of hydrogen-bond donors (Lipinski definition) is 3. The van der Waals surface area contributed by atoms with Gasteiger partial charge in [0.15, 0.2) is 0 Å². The Hall–Kier alpha value is -2.39. The highest BCUT2D eigenvalue weighted by Gasteiger charge is 2.13. The number of nitrogens with zero attached hydrogens (tertiary/aromatic N) is 1. The molecule has 0 radical (unpaired) electrons. The summed E-state index contributed by atoms with van der Waals surface area (Å²) in [6.07, 6.45) is 1.15. The molecule has 2 rings (SSSR count). The lowest BCUT2D eigenvalue weighted by molar-refractivity contribution is -0.112. The zero-order valence-electron chi connectivity index (χ0n) is 12.0. The van der Waals surface area contributed by atoms with E-state index in [4.69, 9.17) is 40.1 Å². The molecule has 0 fully saturated rings. The Kier molecular flexibility index (Phi) is 5.93. The maximum absolute atomic E-state index is 12.1. The summed E-state index contributed by atoms with van der Waals surface area (Å²) in [7, 11) is 0. The minimum atomic E-state index is -0.685. The SMILES string of the molecule is N#C/C(=C/Nc1cc(Cl)ccc1O)C(=O)Nc1cccc(Cl)c1Cl. The van der Waals surface area contributed by atoms with E-state index in [0.29, 0.717) is 5.02 Å². The fraction of sp³-hybridized carbons (Fsp3) is 0. The Balaban J connectivity index is 2.18. The lowest BCUT2D eigenvalue weighted by Crippen LogP contribution is -2.15. The summed E-state index contributed by atoms with van der Waals surface area (Å²) in [5.74, 6) is -0.762. The van der Waals surface area contributed by atoms with Crippen molar-refractivity contribution in [2.24, 2.45) is 0 Å². The van der Waals surface area contributed by atoms with Gasteiger partial charge in [-0.3, -0.25) is 4.79 Å². The standard InChI is InChI=1S/C16H10Cl3N3O2/c17-10-4-5-14(23)13(6-10)21-8-9(7-20)16(24)22-12-3-1-2-11(18)15(12)19/h1-6,8,21,23H,(H,22,24)/b9-8-. The van der Waals surface area contributed by atoms with Gasteiger partial charge >= 0.3 is 0 Å². The van der Waals surface area contributed by atoms with Crippen LogP contribution in [0.15, 0.2) is 48.2 Å². The summed E-state index contributed by atoms with van der Waals surface area (Å²) in [6.45, 7) is 0. The Morgan fingerprint density at radius 3 is 2.62 bits per heavy atom. The van der Waals surface area contributed by atoms with Crippen LogP contribution in [-0.2, 0) is 4.79 Å². The van der Waals surface area contributed by atoms with E-state index in [0.717, 1.165) is 6.20 Å². The van der Waals surface area contributed by atoms with Crippen LogP contribution in [-0.4, -0.2) is 11.0 Å². The molecular formula is C16H10Cl3N3O2. The smallest absolute Gasteiger partial charge is 0.267 e. The van der Waals surface area contributed by atoms with E-state index in [-0.39, 0.29) is 32.7 Å². The van der Waals surface area contributed by atoms with E-state index in [1.165, 1.54) is 18.2 Å². The molecule has 24 heavy (non-hydrogen) atoms. The van der Waals surface area contributed by atoms with E-state index in [1.54, 1.807) is 24.3 Å². The highest BCUT2D eigenvalue weighted by molar-refractivity contribution is 6.44. The van der Waals surface area contributed by atoms with Gasteiger partial charge in [0, 0.05) is 11.2 Å². The normalized spacial score (nSPS) is 10.8. The zero-order chi connectivity index (χ0) is 17.7. The minimum absolute atomic E-state index is 0.0776. The molecule has 0 bridgehead atoms. The minimum Gasteiger partial charge on any atom is -0.506 e. The molecule has 2 aromatic rings. The van der Waals surface area contributed by atoms with E-state index in [2.05, 4.69) is 10.6 Å². The van der Waals surface area contributed by atoms with Crippen molar-refractivity contribution in [3.63, 3.8) is 0 Å². The number of rotatable bonds is 4. The molecule has 0 heterocycles. The van der Waals surface area contributed by atoms with Gasteiger partial charge in [0.1, 0.15) is 17.4 Å². The first kappa shape index (κ1) is 18.0. The number of anilines is 2. The number of amides is 1. The van der Waals surface area contributed by atoms with Crippen molar-refractivity contribution >= 4 is 52.1 Å². The molecule has 0 aliphatic heterocycles. The van der Waals surface area contributed by atoms with Crippen LogP contribution in [0.5, 0.6) is 5.75 Å². The molecule has 3 N–H and O–H groups in total. The fourth-order valence-electron chi connectivity index (χ4n) is 1.71. The van der Waals surface area contributed by atoms with Crippen molar-refractivity contribution in [3.05, 3.63) is 63.2 Å². The van der Waals surface area contributed by atoms with Crippen molar-refractivity contribution < 1.29 is 9.90 Å². The van der Waals surface area contributed by atoms with Crippen LogP contribution in [0.25, 0.3) is 0 Å². The van der Waals surface area contributed by atoms with E-state index in [1.807, 2.05) is 0 Å². The molecule has 122 valence electrons. The van der Waals surface area contributed by atoms with Crippen LogP contribution in [0.2, 0.25) is 15.1 Å². The zero-order valence-corrected chi connectivity index (χ0v) is 14.2. The third-order valence-corrected chi connectivity index (χ3v) is 3.95. The van der Waals surface area contributed by atoms with Gasteiger partial charge in [-0.05, 0) is 30.3 Å². The summed E-state index contributed by atoms with van der Waals surface area (Å²) in [6, 6.07) is 10.8. The lowest BCUT2D eigenvalue weighted by Gasteiger charge is -2.08. The van der Waals surface area contributed by atoms with Gasteiger partial charge in [0.25, 0.3) is 5.91 Å². The topological polar surface area (TPSA) is 85.2 Å². The number of nitrogens with one attached hydrogen (secondary N) is 2. The summed E-state index contributed by atoms with van der Waals surface area (Å²) >= 11 is 17.7. The summed E-state index contributed by atoms with van der Waals surface area (Å²) in [5, 5.41) is 24.8. The number of phenolic OH excluding ortho intramolecular Hbond substituents is 1. The Morgan fingerprint density at radius 2 is 1.92 bits per heavy atom. The van der Waals surface area contributed by atoms with Gasteiger partial charge in [0.05, 0.1) is 21.4 Å². The van der Waals surface area contributed by atoms with Gasteiger partial charge < -0.3 is 15.7 Å². The monoisotopic (exact) mass is 381 g/mol. The third kappa shape index (κ3) is 4.33. The molecule has 0 aromatic heterocycles. The first-order chi connectivity index (χ1) is 11.4. The van der Waals surface area contributed by atoms with Crippen LogP contribution in [0.3, 0.4) is 0 Å². The molecule has 0 unspecified atom stereocenters. The number of phenols is 1. The maximum Gasteiger partial charge on any atom is 0.267 e. The Labute approximate surface area is 153 Å². The average molecular weight is 383 g/mol. The van der Waals surface area contributed by atoms with Crippen LogP contribution in [0, 0.1) is 11.3 Å². The van der Waals surface area contributed by atoms with Crippen LogP contribution >= 0.6 is 34.8 Å². The van der Waals surface area contributed by atoms with Crippen molar-refractivity contribution in [2.45, 2.75) is 0 Å². The second-order valence-electron chi connectivity index (χ2n) is 4.53. The van der Waals surface area contributed by atoms with E-state index < -0.39 is 5.91 Å². The molecule has 2 aromatic carbocycles. The summed E-state index contributed by atoms with van der Waals surface area (Å²) < 4.78 is 0. The molecule has 5 nitrogen and oxygen atoms in total. The van der Waals surface area contributed by atoms with Gasteiger partial charge in [-0.15, -0.1) is 0 Å².